The normalized spacial score (nSPS) is 17.8. The van der Waals surface area contributed by atoms with Crippen molar-refractivity contribution < 1.29 is 9.53 Å². The van der Waals surface area contributed by atoms with Crippen molar-refractivity contribution in [1.82, 2.24) is 19.8 Å². The predicted octanol–water partition coefficient (Wildman–Crippen LogP) is 2.20. The summed E-state index contributed by atoms with van der Waals surface area (Å²) in [6.45, 7) is 4.94. The number of hydrogen-bond donors (Lipinski definition) is 1. The Morgan fingerprint density at radius 3 is 2.59 bits per heavy atom. The van der Waals surface area contributed by atoms with Crippen molar-refractivity contribution in [2.45, 2.75) is 31.8 Å². The number of piperidine rings is 1. The summed E-state index contributed by atoms with van der Waals surface area (Å²) in [4.78, 5) is 25.8. The maximum Gasteiger partial charge on any atom is 0.256 e. The molecule has 29 heavy (non-hydrogen) atoms. The van der Waals surface area contributed by atoms with Crippen LogP contribution in [0.1, 0.15) is 34.3 Å². The molecule has 4 rings (SSSR count). The van der Waals surface area contributed by atoms with E-state index in [0.29, 0.717) is 30.7 Å². The quantitative estimate of drug-likeness (QED) is 0.756. The van der Waals surface area contributed by atoms with E-state index >= 15 is 0 Å². The molecule has 1 saturated heterocycles. The number of nitrogens with one attached hydrogen (secondary N) is 1. The van der Waals surface area contributed by atoms with Gasteiger partial charge in [0.15, 0.2) is 0 Å². The van der Waals surface area contributed by atoms with Gasteiger partial charge in [0.2, 0.25) is 5.95 Å². The third-order valence-corrected chi connectivity index (χ3v) is 5.92. The Morgan fingerprint density at radius 1 is 1.14 bits per heavy atom. The highest BCUT2D eigenvalue weighted by molar-refractivity contribution is 5.93. The Bertz CT molecular complexity index is 818. The number of rotatable bonds is 6. The van der Waals surface area contributed by atoms with E-state index in [0.717, 1.165) is 45.4 Å². The monoisotopic (exact) mass is 395 g/mol. The van der Waals surface area contributed by atoms with E-state index in [1.54, 1.807) is 19.5 Å². The van der Waals surface area contributed by atoms with E-state index in [9.17, 15) is 4.79 Å². The van der Waals surface area contributed by atoms with Crippen LogP contribution in [0.4, 0.5) is 5.95 Å². The van der Waals surface area contributed by atoms with Crippen LogP contribution in [-0.4, -0.2) is 71.6 Å². The molecule has 0 radical (unpaired) electrons. The first-order valence-electron chi connectivity index (χ1n) is 10.4. The molecule has 0 saturated carbocycles. The number of carbonyl (C=O) groups is 1. The van der Waals surface area contributed by atoms with Gasteiger partial charge in [-0.3, -0.25) is 9.69 Å². The molecule has 0 aliphatic carbocycles. The number of fused-ring (bicyclic) bond motifs is 1. The lowest BCUT2D eigenvalue weighted by Crippen LogP contribution is -2.48. The molecule has 7 nitrogen and oxygen atoms in total. The number of ether oxygens (including phenoxy) is 1. The van der Waals surface area contributed by atoms with Crippen molar-refractivity contribution in [1.29, 1.82) is 0 Å². The van der Waals surface area contributed by atoms with Crippen LogP contribution < -0.4 is 5.32 Å². The van der Waals surface area contributed by atoms with Gasteiger partial charge in [-0.25, -0.2) is 9.97 Å². The first-order chi connectivity index (χ1) is 14.2. The Balaban J connectivity index is 1.29. The fourth-order valence-corrected chi connectivity index (χ4v) is 4.24. The minimum atomic E-state index is 0.0240. The maximum atomic E-state index is 12.8. The average molecular weight is 396 g/mol. The van der Waals surface area contributed by atoms with Crippen LogP contribution in [0.2, 0.25) is 0 Å². The van der Waals surface area contributed by atoms with Crippen LogP contribution in [0, 0.1) is 0 Å². The summed E-state index contributed by atoms with van der Waals surface area (Å²) in [6, 6.07) is 9.30. The Hall–Kier alpha value is -2.51. The lowest BCUT2D eigenvalue weighted by Gasteiger charge is -2.40. The molecule has 1 aromatic carbocycles. The number of methoxy groups -OCH3 is 1. The van der Waals surface area contributed by atoms with Gasteiger partial charge in [-0.1, -0.05) is 24.3 Å². The van der Waals surface area contributed by atoms with Crippen LogP contribution in [-0.2, 0) is 17.7 Å². The highest BCUT2D eigenvalue weighted by Gasteiger charge is 2.29. The number of hydrogen-bond acceptors (Lipinski definition) is 6. The van der Waals surface area contributed by atoms with E-state index in [-0.39, 0.29) is 5.91 Å². The number of carbonyl (C=O) groups excluding carboxylic acids is 1. The van der Waals surface area contributed by atoms with Gasteiger partial charge in [0.25, 0.3) is 5.91 Å². The van der Waals surface area contributed by atoms with Crippen LogP contribution in [0.5, 0.6) is 0 Å². The van der Waals surface area contributed by atoms with Gasteiger partial charge < -0.3 is 15.0 Å². The summed E-state index contributed by atoms with van der Waals surface area (Å²) in [6.07, 6.45) is 6.38. The minimum Gasteiger partial charge on any atom is -0.383 e. The van der Waals surface area contributed by atoms with Gasteiger partial charge in [0.05, 0.1) is 12.2 Å². The van der Waals surface area contributed by atoms with Crippen LogP contribution in [0.3, 0.4) is 0 Å². The average Bonchev–Trinajstić information content (AvgIpc) is 2.79. The first kappa shape index (κ1) is 19.8. The van der Waals surface area contributed by atoms with Crippen LogP contribution in [0.15, 0.2) is 36.7 Å². The lowest BCUT2D eigenvalue weighted by molar-refractivity contribution is 0.0598. The molecule has 0 unspecified atom stereocenters. The van der Waals surface area contributed by atoms with E-state index in [2.05, 4.69) is 44.5 Å². The first-order valence-corrected chi connectivity index (χ1v) is 10.4. The largest absolute Gasteiger partial charge is 0.383 e. The molecule has 7 heteroatoms. The summed E-state index contributed by atoms with van der Waals surface area (Å²) >= 11 is 0. The second-order valence-electron chi connectivity index (χ2n) is 7.73. The lowest BCUT2D eigenvalue weighted by atomic mass is 9.95. The number of nitrogens with zero attached hydrogens (tertiary/aromatic N) is 4. The summed E-state index contributed by atoms with van der Waals surface area (Å²) < 4.78 is 4.99. The summed E-state index contributed by atoms with van der Waals surface area (Å²) in [5, 5.41) is 3.06. The van der Waals surface area contributed by atoms with Crippen molar-refractivity contribution in [3.8, 4) is 0 Å². The van der Waals surface area contributed by atoms with Crippen molar-refractivity contribution >= 4 is 11.9 Å². The van der Waals surface area contributed by atoms with E-state index in [4.69, 9.17) is 4.74 Å². The van der Waals surface area contributed by atoms with Gasteiger partial charge >= 0.3 is 0 Å². The maximum absolute atomic E-state index is 12.8. The smallest absolute Gasteiger partial charge is 0.256 e. The highest BCUT2D eigenvalue weighted by atomic mass is 16.5. The second-order valence-corrected chi connectivity index (χ2v) is 7.73. The molecule has 3 heterocycles. The zero-order valence-electron chi connectivity index (χ0n) is 17.0. The van der Waals surface area contributed by atoms with Crippen LogP contribution in [0.25, 0.3) is 0 Å². The van der Waals surface area contributed by atoms with Gasteiger partial charge in [-0.2, -0.15) is 0 Å². The standard InChI is InChI=1S/C22H29N5O2/c1-29-13-9-23-22-24-14-19(15-25-22)21(28)26-11-7-20(8-12-26)27-10-6-17-4-2-3-5-18(17)16-27/h2-5,14-15,20H,6-13,16H2,1H3,(H,23,24,25). The molecule has 2 aliphatic rings. The van der Waals surface area contributed by atoms with Gasteiger partial charge in [-0.15, -0.1) is 0 Å². The zero-order chi connectivity index (χ0) is 20.1. The fraction of sp³-hybridized carbons (Fsp3) is 0.500. The van der Waals surface area contributed by atoms with Gasteiger partial charge in [0, 0.05) is 58.3 Å². The Labute approximate surface area is 172 Å². The molecule has 0 atom stereocenters. The fourth-order valence-electron chi connectivity index (χ4n) is 4.24. The SMILES string of the molecule is COCCNc1ncc(C(=O)N2CCC(N3CCc4ccccc4C3)CC2)cn1. The van der Waals surface area contributed by atoms with E-state index in [1.165, 1.54) is 11.1 Å². The number of anilines is 1. The number of aromatic nitrogens is 2. The topological polar surface area (TPSA) is 70.6 Å². The second kappa shape index (κ2) is 9.33. The van der Waals surface area contributed by atoms with Crippen molar-refractivity contribution in [2.75, 3.05) is 45.2 Å². The predicted molar refractivity (Wildman–Crippen MR) is 112 cm³/mol. The molecule has 0 bridgehead atoms. The molecular formula is C22H29N5O2. The molecule has 154 valence electrons. The molecule has 0 spiro atoms. The number of likely N-dealkylation sites (tertiary alicyclic amines) is 1. The van der Waals surface area contributed by atoms with Crippen LogP contribution >= 0.6 is 0 Å². The summed E-state index contributed by atoms with van der Waals surface area (Å²) in [5.41, 5.74) is 3.48. The van der Waals surface area contributed by atoms with Gasteiger partial charge in [0.1, 0.15) is 0 Å². The Morgan fingerprint density at radius 2 is 1.86 bits per heavy atom. The molecule has 1 N–H and O–H groups in total. The molecule has 1 aromatic heterocycles. The van der Waals surface area contributed by atoms with E-state index in [1.807, 2.05) is 4.90 Å². The van der Waals surface area contributed by atoms with Crippen molar-refractivity contribution in [3.63, 3.8) is 0 Å². The third kappa shape index (κ3) is 4.74. The summed E-state index contributed by atoms with van der Waals surface area (Å²) in [5.74, 6) is 0.540. The van der Waals surface area contributed by atoms with E-state index < -0.39 is 0 Å². The third-order valence-electron chi connectivity index (χ3n) is 5.92. The number of amides is 1. The Kier molecular flexibility index (Phi) is 6.36. The van der Waals surface area contributed by atoms with Crippen molar-refractivity contribution in [2.24, 2.45) is 0 Å². The highest BCUT2D eigenvalue weighted by Crippen LogP contribution is 2.25. The molecule has 2 aromatic rings. The minimum absolute atomic E-state index is 0.0240. The molecule has 1 fully saturated rings. The molecular weight excluding hydrogens is 366 g/mol. The molecule has 2 aliphatic heterocycles. The summed E-state index contributed by atoms with van der Waals surface area (Å²) in [7, 11) is 1.65. The zero-order valence-corrected chi connectivity index (χ0v) is 17.0. The number of benzene rings is 1. The van der Waals surface area contributed by atoms with Gasteiger partial charge in [-0.05, 0) is 30.4 Å². The molecule has 1 amide bonds. The van der Waals surface area contributed by atoms with Crippen molar-refractivity contribution in [3.05, 3.63) is 53.3 Å².